The molecule has 1 aliphatic rings. The average molecular weight is 273 g/mol. The van der Waals surface area contributed by atoms with Gasteiger partial charge in [-0.1, -0.05) is 45.0 Å². The molecule has 0 spiro atoms. The van der Waals surface area contributed by atoms with Gasteiger partial charge in [-0.3, -0.25) is 0 Å². The molecule has 1 nitrogen and oxygen atoms in total. The van der Waals surface area contributed by atoms with Crippen molar-refractivity contribution < 1.29 is 0 Å². The lowest BCUT2D eigenvalue weighted by Crippen LogP contribution is -2.29. The van der Waals surface area contributed by atoms with Gasteiger partial charge in [-0.15, -0.1) is 0 Å². The third-order valence-electron chi connectivity index (χ3n) is 5.05. The highest BCUT2D eigenvalue weighted by molar-refractivity contribution is 5.30. The average Bonchev–Trinajstić information content (AvgIpc) is 2.37. The van der Waals surface area contributed by atoms with Crippen LogP contribution in [0.5, 0.6) is 0 Å². The summed E-state index contributed by atoms with van der Waals surface area (Å²) in [5.41, 5.74) is 9.21. The minimum atomic E-state index is -0.237. The Morgan fingerprint density at radius 3 is 2.05 bits per heavy atom. The zero-order valence-electron chi connectivity index (χ0n) is 13.9. The Kier molecular flexibility index (Phi) is 4.30. The molecule has 20 heavy (non-hydrogen) atoms. The quantitative estimate of drug-likeness (QED) is 0.787. The van der Waals surface area contributed by atoms with Crippen molar-refractivity contribution in [3.63, 3.8) is 0 Å². The highest BCUT2D eigenvalue weighted by atomic mass is 14.7. The van der Waals surface area contributed by atoms with Gasteiger partial charge in [0.15, 0.2) is 0 Å². The molecule has 0 radical (unpaired) electrons. The fourth-order valence-electron chi connectivity index (χ4n) is 3.49. The Morgan fingerprint density at radius 2 is 1.55 bits per heavy atom. The highest BCUT2D eigenvalue weighted by Crippen LogP contribution is 2.43. The summed E-state index contributed by atoms with van der Waals surface area (Å²) in [6, 6.07) is 8.96. The van der Waals surface area contributed by atoms with E-state index in [0.29, 0.717) is 5.41 Å². The van der Waals surface area contributed by atoms with E-state index in [2.05, 4.69) is 58.9 Å². The number of hydrogen-bond donors (Lipinski definition) is 1. The summed E-state index contributed by atoms with van der Waals surface area (Å²) in [5.74, 6) is 1.61. The van der Waals surface area contributed by atoms with Crippen LogP contribution in [0.4, 0.5) is 0 Å². The minimum absolute atomic E-state index is 0.237. The first kappa shape index (κ1) is 15.6. The van der Waals surface area contributed by atoms with Gasteiger partial charge in [-0.05, 0) is 67.9 Å². The van der Waals surface area contributed by atoms with Gasteiger partial charge in [-0.2, -0.15) is 0 Å². The Labute approximate surface area is 125 Å². The lowest BCUT2D eigenvalue weighted by atomic mass is 9.68. The molecule has 2 rings (SSSR count). The molecule has 1 saturated carbocycles. The third kappa shape index (κ3) is 3.63. The molecule has 0 bridgehead atoms. The van der Waals surface area contributed by atoms with Gasteiger partial charge in [0.25, 0.3) is 0 Å². The molecule has 2 N–H and O–H groups in total. The lowest BCUT2D eigenvalue weighted by molar-refractivity contribution is 0.169. The number of hydrogen-bond acceptors (Lipinski definition) is 1. The first-order valence-corrected chi connectivity index (χ1v) is 8.07. The first-order chi connectivity index (χ1) is 9.18. The van der Waals surface area contributed by atoms with Crippen LogP contribution in [0.3, 0.4) is 0 Å². The van der Waals surface area contributed by atoms with Crippen LogP contribution in [0, 0.1) is 11.3 Å². The summed E-state index contributed by atoms with van der Waals surface area (Å²) >= 11 is 0. The van der Waals surface area contributed by atoms with Crippen molar-refractivity contribution in [2.45, 2.75) is 71.8 Å². The monoisotopic (exact) mass is 273 g/mol. The lowest BCUT2D eigenvalue weighted by Gasteiger charge is -2.37. The van der Waals surface area contributed by atoms with Crippen molar-refractivity contribution in [3.8, 4) is 0 Å². The third-order valence-corrected chi connectivity index (χ3v) is 5.05. The highest BCUT2D eigenvalue weighted by Gasteiger charge is 2.30. The molecule has 1 aromatic carbocycles. The number of nitrogens with two attached hydrogens (primary N) is 1. The van der Waals surface area contributed by atoms with E-state index in [1.165, 1.54) is 36.8 Å². The van der Waals surface area contributed by atoms with Gasteiger partial charge < -0.3 is 5.73 Å². The fraction of sp³-hybridized carbons (Fsp3) is 0.684. The molecule has 1 fully saturated rings. The molecule has 0 aromatic heterocycles. The van der Waals surface area contributed by atoms with Gasteiger partial charge >= 0.3 is 0 Å². The Hall–Kier alpha value is -0.820. The summed E-state index contributed by atoms with van der Waals surface area (Å²) in [4.78, 5) is 0. The molecule has 1 aliphatic carbocycles. The van der Waals surface area contributed by atoms with E-state index < -0.39 is 0 Å². The maximum Gasteiger partial charge on any atom is 0.0352 e. The van der Waals surface area contributed by atoms with Crippen molar-refractivity contribution in [1.82, 2.24) is 0 Å². The van der Waals surface area contributed by atoms with E-state index in [0.717, 1.165) is 11.8 Å². The summed E-state index contributed by atoms with van der Waals surface area (Å²) in [7, 11) is 0. The SMILES string of the molecule is CC(C)(N)c1cccc(C2CCC(C(C)(C)C)CC2)c1. The van der Waals surface area contributed by atoms with E-state index in [1.54, 1.807) is 0 Å². The second kappa shape index (κ2) is 5.52. The van der Waals surface area contributed by atoms with Crippen molar-refractivity contribution in [1.29, 1.82) is 0 Å². The Bertz CT molecular complexity index is 440. The van der Waals surface area contributed by atoms with Crippen LogP contribution in [-0.2, 0) is 5.54 Å². The van der Waals surface area contributed by atoms with Gasteiger partial charge in [-0.25, -0.2) is 0 Å². The minimum Gasteiger partial charge on any atom is -0.322 e. The van der Waals surface area contributed by atoms with Crippen molar-refractivity contribution in [2.24, 2.45) is 17.1 Å². The molecular weight excluding hydrogens is 242 g/mol. The molecule has 0 saturated heterocycles. The molecule has 0 aliphatic heterocycles. The first-order valence-electron chi connectivity index (χ1n) is 8.07. The fourth-order valence-corrected chi connectivity index (χ4v) is 3.49. The van der Waals surface area contributed by atoms with E-state index in [9.17, 15) is 0 Å². The second-order valence-electron chi connectivity index (χ2n) is 8.26. The number of benzene rings is 1. The summed E-state index contributed by atoms with van der Waals surface area (Å²) in [6.07, 6.45) is 5.39. The van der Waals surface area contributed by atoms with Crippen molar-refractivity contribution in [3.05, 3.63) is 35.4 Å². The Balaban J connectivity index is 2.08. The summed E-state index contributed by atoms with van der Waals surface area (Å²) in [6.45, 7) is 11.3. The van der Waals surface area contributed by atoms with Gasteiger partial charge in [0, 0.05) is 5.54 Å². The van der Waals surface area contributed by atoms with E-state index >= 15 is 0 Å². The maximum absolute atomic E-state index is 6.23. The Morgan fingerprint density at radius 1 is 0.950 bits per heavy atom. The summed E-state index contributed by atoms with van der Waals surface area (Å²) in [5, 5.41) is 0. The largest absolute Gasteiger partial charge is 0.322 e. The van der Waals surface area contributed by atoms with Crippen molar-refractivity contribution in [2.75, 3.05) is 0 Å². The predicted molar refractivity (Wildman–Crippen MR) is 87.8 cm³/mol. The topological polar surface area (TPSA) is 26.0 Å². The molecule has 1 heteroatoms. The van der Waals surface area contributed by atoms with Crippen LogP contribution in [-0.4, -0.2) is 0 Å². The molecule has 0 heterocycles. The van der Waals surface area contributed by atoms with Crippen LogP contribution >= 0.6 is 0 Å². The standard InChI is InChI=1S/C19H31N/c1-18(2,3)16-11-9-14(10-12-16)15-7-6-8-17(13-15)19(4,5)20/h6-8,13-14,16H,9-12,20H2,1-5H3. The van der Waals surface area contributed by atoms with Crippen molar-refractivity contribution >= 4 is 0 Å². The molecule has 0 amide bonds. The zero-order chi connectivity index (χ0) is 15.0. The zero-order valence-corrected chi connectivity index (χ0v) is 13.9. The van der Waals surface area contributed by atoms with Crippen LogP contribution in [0.2, 0.25) is 0 Å². The van der Waals surface area contributed by atoms with Gasteiger partial charge in [0.2, 0.25) is 0 Å². The van der Waals surface area contributed by atoms with Crippen LogP contribution in [0.1, 0.15) is 77.3 Å². The summed E-state index contributed by atoms with van der Waals surface area (Å²) < 4.78 is 0. The molecule has 112 valence electrons. The molecule has 0 unspecified atom stereocenters. The van der Waals surface area contributed by atoms with Crippen LogP contribution in [0.15, 0.2) is 24.3 Å². The maximum atomic E-state index is 6.23. The van der Waals surface area contributed by atoms with E-state index in [4.69, 9.17) is 5.73 Å². The number of rotatable bonds is 2. The van der Waals surface area contributed by atoms with Gasteiger partial charge in [0.1, 0.15) is 0 Å². The predicted octanol–water partition coefficient (Wildman–Crippen LogP) is 5.20. The van der Waals surface area contributed by atoms with E-state index in [-0.39, 0.29) is 5.54 Å². The van der Waals surface area contributed by atoms with E-state index in [1.807, 2.05) is 0 Å². The second-order valence-corrected chi connectivity index (χ2v) is 8.26. The van der Waals surface area contributed by atoms with Gasteiger partial charge in [0.05, 0.1) is 0 Å². The smallest absolute Gasteiger partial charge is 0.0352 e. The van der Waals surface area contributed by atoms with Crippen LogP contribution in [0.25, 0.3) is 0 Å². The molecule has 0 atom stereocenters. The molecule has 1 aromatic rings. The van der Waals surface area contributed by atoms with Crippen LogP contribution < -0.4 is 5.73 Å². The normalized spacial score (nSPS) is 24.7. The molecular formula is C19H31N.